The van der Waals surface area contributed by atoms with Crippen LogP contribution in [0.3, 0.4) is 0 Å². The Morgan fingerprint density at radius 2 is 1.87 bits per heavy atom. The minimum Gasteiger partial charge on any atom is -0.497 e. The minimum absolute atomic E-state index is 0.211. The van der Waals surface area contributed by atoms with E-state index in [9.17, 15) is 18.0 Å². The summed E-state index contributed by atoms with van der Waals surface area (Å²) in [5.74, 6) is -2.16. The molecule has 1 aromatic rings. The lowest BCUT2D eigenvalue weighted by Gasteiger charge is -2.07. The first-order chi connectivity index (χ1) is 6.93. The minimum atomic E-state index is -5.00. The lowest BCUT2D eigenvalue weighted by atomic mass is 10.3. The summed E-state index contributed by atoms with van der Waals surface area (Å²) in [6.45, 7) is 0. The van der Waals surface area contributed by atoms with Gasteiger partial charge in [-0.1, -0.05) is 6.07 Å². The molecule has 1 aromatic carbocycles. The van der Waals surface area contributed by atoms with Crippen molar-refractivity contribution >= 4 is 5.97 Å². The molecule has 0 aliphatic heterocycles. The fourth-order valence-corrected chi connectivity index (χ4v) is 0.830. The van der Waals surface area contributed by atoms with E-state index in [0.717, 1.165) is 0 Å². The molecule has 15 heavy (non-hydrogen) atoms. The average Bonchev–Trinajstić information content (AvgIpc) is 2.16. The highest BCUT2D eigenvalue weighted by molar-refractivity contribution is 5.78. The maximum Gasteiger partial charge on any atom is 0.491 e. The highest BCUT2D eigenvalue weighted by atomic mass is 19.4. The van der Waals surface area contributed by atoms with Crippen LogP contribution in [0.15, 0.2) is 24.3 Å². The van der Waals surface area contributed by atoms with Gasteiger partial charge < -0.3 is 9.47 Å². The largest absolute Gasteiger partial charge is 0.497 e. The number of methoxy groups -OCH3 is 1. The van der Waals surface area contributed by atoms with Crippen LogP contribution in [0.5, 0.6) is 11.5 Å². The molecule has 0 N–H and O–H groups in total. The summed E-state index contributed by atoms with van der Waals surface area (Å²) >= 11 is 0. The lowest BCUT2D eigenvalue weighted by molar-refractivity contribution is -0.189. The normalized spacial score (nSPS) is 10.9. The van der Waals surface area contributed by atoms with Gasteiger partial charge in [0.15, 0.2) is 0 Å². The number of hydrogen-bond acceptors (Lipinski definition) is 3. The fourth-order valence-electron chi connectivity index (χ4n) is 0.830. The van der Waals surface area contributed by atoms with Gasteiger partial charge in [0.1, 0.15) is 11.5 Å². The van der Waals surface area contributed by atoms with Crippen LogP contribution in [0.4, 0.5) is 13.2 Å². The molecule has 0 aliphatic carbocycles. The van der Waals surface area contributed by atoms with Crippen molar-refractivity contribution in [1.29, 1.82) is 0 Å². The summed E-state index contributed by atoms with van der Waals surface area (Å²) in [6, 6.07) is 5.35. The van der Waals surface area contributed by atoms with Gasteiger partial charge in [-0.25, -0.2) is 4.79 Å². The quantitative estimate of drug-likeness (QED) is 0.566. The highest BCUT2D eigenvalue weighted by Crippen LogP contribution is 2.23. The monoisotopic (exact) mass is 220 g/mol. The zero-order valence-corrected chi connectivity index (χ0v) is 7.67. The van der Waals surface area contributed by atoms with Crippen LogP contribution in [-0.2, 0) is 4.79 Å². The zero-order valence-electron chi connectivity index (χ0n) is 7.67. The Kier molecular flexibility index (Phi) is 3.18. The summed E-state index contributed by atoms with van der Waals surface area (Å²) in [6.07, 6.45) is -5.00. The van der Waals surface area contributed by atoms with Gasteiger partial charge in [0.2, 0.25) is 0 Å². The molecule has 0 saturated heterocycles. The predicted octanol–water partition coefficient (Wildman–Crippen LogP) is 2.16. The van der Waals surface area contributed by atoms with E-state index in [2.05, 4.69) is 4.74 Å². The van der Waals surface area contributed by atoms with Crippen LogP contribution in [0.25, 0.3) is 0 Å². The van der Waals surface area contributed by atoms with Crippen LogP contribution < -0.4 is 9.47 Å². The van der Waals surface area contributed by atoms with Crippen molar-refractivity contribution in [2.45, 2.75) is 6.18 Å². The molecule has 0 radical (unpaired) electrons. The molecule has 1 rings (SSSR count). The van der Waals surface area contributed by atoms with Crippen molar-refractivity contribution in [1.82, 2.24) is 0 Å². The maximum absolute atomic E-state index is 11.8. The van der Waals surface area contributed by atoms with Crippen molar-refractivity contribution in [3.63, 3.8) is 0 Å². The van der Waals surface area contributed by atoms with Crippen molar-refractivity contribution in [2.75, 3.05) is 7.11 Å². The van der Waals surface area contributed by atoms with E-state index in [4.69, 9.17) is 4.74 Å². The third kappa shape index (κ3) is 3.16. The van der Waals surface area contributed by atoms with Crippen molar-refractivity contribution in [2.24, 2.45) is 0 Å². The second kappa shape index (κ2) is 4.20. The number of halogens is 3. The molecule has 0 spiro atoms. The van der Waals surface area contributed by atoms with Gasteiger partial charge in [-0.3, -0.25) is 0 Å². The molecule has 0 heterocycles. The van der Waals surface area contributed by atoms with Crippen molar-refractivity contribution in [3.8, 4) is 11.5 Å². The van der Waals surface area contributed by atoms with Crippen LogP contribution in [0, 0.1) is 0 Å². The van der Waals surface area contributed by atoms with Gasteiger partial charge in [0.05, 0.1) is 7.11 Å². The molecule has 0 amide bonds. The van der Waals surface area contributed by atoms with E-state index in [1.54, 1.807) is 0 Å². The number of rotatable bonds is 2. The molecule has 0 aromatic heterocycles. The Labute approximate surface area is 83.4 Å². The number of carbonyl (C=O) groups is 1. The average molecular weight is 220 g/mol. The molecule has 3 nitrogen and oxygen atoms in total. The number of hydrogen-bond donors (Lipinski definition) is 0. The second-order valence-corrected chi connectivity index (χ2v) is 2.57. The van der Waals surface area contributed by atoms with E-state index < -0.39 is 12.1 Å². The molecule has 0 saturated carbocycles. The summed E-state index contributed by atoms with van der Waals surface area (Å²) in [4.78, 5) is 10.4. The highest BCUT2D eigenvalue weighted by Gasteiger charge is 2.41. The lowest BCUT2D eigenvalue weighted by Crippen LogP contribution is -2.27. The Hall–Kier alpha value is -1.72. The Balaban J connectivity index is 2.77. The molecule has 0 atom stereocenters. The summed E-state index contributed by atoms with van der Waals surface area (Å²) in [5, 5.41) is 0. The molecule has 82 valence electrons. The third-order valence-corrected chi connectivity index (χ3v) is 1.48. The molecule has 0 fully saturated rings. The zero-order chi connectivity index (χ0) is 11.5. The first-order valence-electron chi connectivity index (χ1n) is 3.86. The van der Waals surface area contributed by atoms with Gasteiger partial charge >= 0.3 is 12.1 Å². The summed E-state index contributed by atoms with van der Waals surface area (Å²) in [5.41, 5.74) is 0. The number of ether oxygens (including phenoxy) is 2. The van der Waals surface area contributed by atoms with Gasteiger partial charge in [0.25, 0.3) is 0 Å². The standard InChI is InChI=1S/C9H7F3O3/c1-14-6-3-2-4-7(5-6)15-8(13)9(10,11)12/h2-5H,1H3. The molecule has 0 aliphatic rings. The van der Waals surface area contributed by atoms with Gasteiger partial charge in [-0.05, 0) is 12.1 Å². The molecular formula is C9H7F3O3. The van der Waals surface area contributed by atoms with E-state index in [1.165, 1.54) is 31.4 Å². The summed E-state index contributed by atoms with van der Waals surface area (Å²) < 4.78 is 44.3. The maximum atomic E-state index is 11.8. The smallest absolute Gasteiger partial charge is 0.491 e. The molecule has 0 bridgehead atoms. The van der Waals surface area contributed by atoms with Crippen LogP contribution >= 0.6 is 0 Å². The van der Waals surface area contributed by atoms with Crippen molar-refractivity contribution in [3.05, 3.63) is 24.3 Å². The number of carbonyl (C=O) groups excluding carboxylic acids is 1. The van der Waals surface area contributed by atoms with Gasteiger partial charge in [-0.2, -0.15) is 13.2 Å². The van der Waals surface area contributed by atoms with E-state index in [1.807, 2.05) is 0 Å². The molecule has 6 heteroatoms. The first-order valence-corrected chi connectivity index (χ1v) is 3.86. The Morgan fingerprint density at radius 1 is 1.27 bits per heavy atom. The summed E-state index contributed by atoms with van der Waals surface area (Å²) in [7, 11) is 1.35. The Morgan fingerprint density at radius 3 is 2.40 bits per heavy atom. The van der Waals surface area contributed by atoms with E-state index in [0.29, 0.717) is 5.75 Å². The van der Waals surface area contributed by atoms with E-state index in [-0.39, 0.29) is 5.75 Å². The van der Waals surface area contributed by atoms with Gasteiger partial charge in [-0.15, -0.1) is 0 Å². The van der Waals surface area contributed by atoms with Crippen LogP contribution in [-0.4, -0.2) is 19.3 Å². The van der Waals surface area contributed by atoms with E-state index >= 15 is 0 Å². The van der Waals surface area contributed by atoms with Crippen molar-refractivity contribution < 1.29 is 27.4 Å². The number of benzene rings is 1. The van der Waals surface area contributed by atoms with Crippen LogP contribution in [0.1, 0.15) is 0 Å². The number of esters is 1. The SMILES string of the molecule is COc1cccc(OC(=O)C(F)(F)F)c1. The molecule has 0 unspecified atom stereocenters. The molecular weight excluding hydrogens is 213 g/mol. The third-order valence-electron chi connectivity index (χ3n) is 1.48. The first kappa shape index (κ1) is 11.4. The van der Waals surface area contributed by atoms with Crippen LogP contribution in [0.2, 0.25) is 0 Å². The fraction of sp³-hybridized carbons (Fsp3) is 0.222. The second-order valence-electron chi connectivity index (χ2n) is 2.57. The predicted molar refractivity (Wildman–Crippen MR) is 44.7 cm³/mol. The topological polar surface area (TPSA) is 35.5 Å². The van der Waals surface area contributed by atoms with Gasteiger partial charge in [0, 0.05) is 6.07 Å². The Bertz CT molecular complexity index is 360. The number of alkyl halides is 3.